The number of thiazole rings is 1. The van der Waals surface area contributed by atoms with Crippen molar-refractivity contribution in [2.45, 2.75) is 25.0 Å². The van der Waals surface area contributed by atoms with E-state index in [9.17, 15) is 0 Å². The molecule has 0 bridgehead atoms. The van der Waals surface area contributed by atoms with Gasteiger partial charge in [0.25, 0.3) is 0 Å². The molecule has 1 aromatic carbocycles. The van der Waals surface area contributed by atoms with Crippen LogP contribution in [0.25, 0.3) is 0 Å². The number of nitrogens with one attached hydrogen (secondary N) is 1. The molecule has 18 heavy (non-hydrogen) atoms. The Morgan fingerprint density at radius 3 is 3.11 bits per heavy atom. The predicted octanol–water partition coefficient (Wildman–Crippen LogP) is 2.28. The van der Waals surface area contributed by atoms with E-state index in [4.69, 9.17) is 4.74 Å². The minimum Gasteiger partial charge on any atom is -0.488 e. The molecule has 1 aliphatic heterocycles. The van der Waals surface area contributed by atoms with Crippen molar-refractivity contribution in [2.75, 3.05) is 7.05 Å². The van der Waals surface area contributed by atoms with E-state index >= 15 is 0 Å². The monoisotopic (exact) mass is 260 g/mol. The molecule has 0 radical (unpaired) electrons. The second kappa shape index (κ2) is 5.08. The van der Waals surface area contributed by atoms with E-state index in [2.05, 4.69) is 22.4 Å². The van der Waals surface area contributed by atoms with Crippen LogP contribution in [0.5, 0.6) is 5.75 Å². The predicted molar refractivity (Wildman–Crippen MR) is 73.2 cm³/mol. The van der Waals surface area contributed by atoms with Gasteiger partial charge in [-0.05, 0) is 18.7 Å². The number of nitrogens with zero attached hydrogens (tertiary/aromatic N) is 1. The van der Waals surface area contributed by atoms with Crippen molar-refractivity contribution in [2.24, 2.45) is 0 Å². The molecule has 2 aromatic rings. The number of ether oxygens (including phenoxy) is 1. The van der Waals surface area contributed by atoms with Crippen LogP contribution in [0, 0.1) is 0 Å². The van der Waals surface area contributed by atoms with Gasteiger partial charge in [-0.25, -0.2) is 4.98 Å². The summed E-state index contributed by atoms with van der Waals surface area (Å²) >= 11 is 1.70. The highest BCUT2D eigenvalue weighted by Gasteiger charge is 2.29. The zero-order valence-corrected chi connectivity index (χ0v) is 11.1. The second-order valence-electron chi connectivity index (χ2n) is 4.49. The van der Waals surface area contributed by atoms with Gasteiger partial charge < -0.3 is 10.1 Å². The third-order valence-corrected chi connectivity index (χ3v) is 4.17. The van der Waals surface area contributed by atoms with E-state index < -0.39 is 0 Å². The third-order valence-electron chi connectivity index (χ3n) is 3.37. The molecule has 3 nitrogen and oxygen atoms in total. The van der Waals surface area contributed by atoms with E-state index in [1.807, 2.05) is 30.8 Å². The number of para-hydroxylation sites is 1. The van der Waals surface area contributed by atoms with Crippen molar-refractivity contribution < 1.29 is 4.74 Å². The normalized spacial score (nSPS) is 19.3. The molecule has 2 heterocycles. The number of benzene rings is 1. The van der Waals surface area contributed by atoms with E-state index in [0.29, 0.717) is 6.04 Å². The van der Waals surface area contributed by atoms with Crippen molar-refractivity contribution >= 4 is 11.3 Å². The molecular formula is C14H16N2OS. The number of rotatable bonds is 4. The molecule has 94 valence electrons. The number of hydrogen-bond acceptors (Lipinski definition) is 4. The van der Waals surface area contributed by atoms with Crippen molar-refractivity contribution in [3.63, 3.8) is 0 Å². The average molecular weight is 260 g/mol. The molecule has 1 aromatic heterocycles. The third kappa shape index (κ3) is 2.26. The maximum atomic E-state index is 6.02. The Kier molecular flexibility index (Phi) is 3.30. The molecule has 4 heteroatoms. The first-order chi connectivity index (χ1) is 8.86. The smallest absolute Gasteiger partial charge is 0.123 e. The quantitative estimate of drug-likeness (QED) is 0.915. The fourth-order valence-corrected chi connectivity index (χ4v) is 3.07. The molecule has 2 atom stereocenters. The van der Waals surface area contributed by atoms with Gasteiger partial charge in [-0.2, -0.15) is 0 Å². The van der Waals surface area contributed by atoms with E-state index in [1.165, 1.54) is 5.56 Å². The Hall–Kier alpha value is -1.39. The summed E-state index contributed by atoms with van der Waals surface area (Å²) in [5, 5.41) is 6.54. The summed E-state index contributed by atoms with van der Waals surface area (Å²) in [5.41, 5.74) is 1.31. The van der Waals surface area contributed by atoms with Crippen LogP contribution in [-0.4, -0.2) is 24.2 Å². The summed E-state index contributed by atoms with van der Waals surface area (Å²) in [4.78, 5) is 4.35. The first-order valence-corrected chi connectivity index (χ1v) is 7.05. The summed E-state index contributed by atoms with van der Waals surface area (Å²) in [7, 11) is 1.99. The minimum atomic E-state index is 0.205. The minimum absolute atomic E-state index is 0.205. The molecule has 1 N–H and O–H groups in total. The highest BCUT2D eigenvalue weighted by atomic mass is 32.1. The maximum absolute atomic E-state index is 6.02. The van der Waals surface area contributed by atoms with Crippen molar-refractivity contribution in [3.8, 4) is 5.75 Å². The molecule has 1 aliphatic rings. The van der Waals surface area contributed by atoms with Gasteiger partial charge in [-0.15, -0.1) is 11.3 Å². The van der Waals surface area contributed by atoms with E-state index in [1.54, 1.807) is 11.3 Å². The zero-order chi connectivity index (χ0) is 12.4. The van der Waals surface area contributed by atoms with Crippen LogP contribution in [0.4, 0.5) is 0 Å². The average Bonchev–Trinajstić information content (AvgIpc) is 3.04. The summed E-state index contributed by atoms with van der Waals surface area (Å²) in [6.07, 6.45) is 3.97. The summed E-state index contributed by atoms with van der Waals surface area (Å²) in [6.45, 7) is 0. The maximum Gasteiger partial charge on any atom is 0.123 e. The Labute approximate surface area is 111 Å². The fraction of sp³-hybridized carbons (Fsp3) is 0.357. The number of aromatic nitrogens is 1. The van der Waals surface area contributed by atoms with Gasteiger partial charge in [0.15, 0.2) is 0 Å². The highest BCUT2D eigenvalue weighted by molar-refractivity contribution is 7.09. The summed E-state index contributed by atoms with van der Waals surface area (Å²) in [6, 6.07) is 8.59. The summed E-state index contributed by atoms with van der Waals surface area (Å²) < 4.78 is 6.02. The van der Waals surface area contributed by atoms with E-state index in [-0.39, 0.29) is 6.10 Å². The summed E-state index contributed by atoms with van der Waals surface area (Å²) in [5.74, 6) is 1.03. The van der Waals surface area contributed by atoms with Crippen LogP contribution in [0.1, 0.15) is 10.6 Å². The number of likely N-dealkylation sites (N-methyl/N-ethyl adjacent to an activating group) is 1. The van der Waals surface area contributed by atoms with Gasteiger partial charge >= 0.3 is 0 Å². The van der Waals surface area contributed by atoms with Gasteiger partial charge in [0.05, 0.1) is 11.0 Å². The Morgan fingerprint density at radius 2 is 2.39 bits per heavy atom. The number of hydrogen-bond donors (Lipinski definition) is 1. The topological polar surface area (TPSA) is 34.2 Å². The lowest BCUT2D eigenvalue weighted by Crippen LogP contribution is -2.42. The molecule has 0 saturated heterocycles. The molecule has 0 fully saturated rings. The lowest BCUT2D eigenvalue weighted by Gasteiger charge is -2.21. The van der Waals surface area contributed by atoms with Gasteiger partial charge in [-0.3, -0.25) is 0 Å². The van der Waals surface area contributed by atoms with Gasteiger partial charge in [-0.1, -0.05) is 18.2 Å². The van der Waals surface area contributed by atoms with Gasteiger partial charge in [0, 0.05) is 24.4 Å². The Bertz CT molecular complexity index is 485. The molecule has 3 rings (SSSR count). The molecule has 2 unspecified atom stereocenters. The zero-order valence-electron chi connectivity index (χ0n) is 10.3. The van der Waals surface area contributed by atoms with Gasteiger partial charge in [0.1, 0.15) is 11.9 Å². The van der Waals surface area contributed by atoms with Crippen molar-refractivity contribution in [3.05, 3.63) is 46.4 Å². The number of fused-ring (bicyclic) bond motifs is 1. The first kappa shape index (κ1) is 11.7. The molecule has 0 aliphatic carbocycles. The van der Waals surface area contributed by atoms with Crippen LogP contribution < -0.4 is 10.1 Å². The molecule has 0 spiro atoms. The molecule has 0 saturated carbocycles. The molecular weight excluding hydrogens is 244 g/mol. The Balaban J connectivity index is 1.71. The standard InChI is InChI=1S/C14H16N2OS/c1-15-11(9-14-16-6-7-18-14)13-8-10-4-2-3-5-12(10)17-13/h2-7,11,13,15H,8-9H2,1H3. The van der Waals surface area contributed by atoms with E-state index in [0.717, 1.165) is 23.6 Å². The van der Waals surface area contributed by atoms with Crippen LogP contribution in [0.15, 0.2) is 35.8 Å². The van der Waals surface area contributed by atoms with Crippen LogP contribution in [0.2, 0.25) is 0 Å². The van der Waals surface area contributed by atoms with Crippen LogP contribution in [0.3, 0.4) is 0 Å². The van der Waals surface area contributed by atoms with Crippen LogP contribution in [-0.2, 0) is 12.8 Å². The van der Waals surface area contributed by atoms with Gasteiger partial charge in [0.2, 0.25) is 0 Å². The van der Waals surface area contributed by atoms with Crippen LogP contribution >= 0.6 is 11.3 Å². The lowest BCUT2D eigenvalue weighted by molar-refractivity contribution is 0.182. The second-order valence-corrected chi connectivity index (χ2v) is 5.47. The highest BCUT2D eigenvalue weighted by Crippen LogP contribution is 2.30. The van der Waals surface area contributed by atoms with Crippen molar-refractivity contribution in [1.82, 2.24) is 10.3 Å². The van der Waals surface area contributed by atoms with Crippen molar-refractivity contribution in [1.29, 1.82) is 0 Å². The Morgan fingerprint density at radius 1 is 1.50 bits per heavy atom. The molecule has 0 amide bonds. The first-order valence-electron chi connectivity index (χ1n) is 6.17. The largest absolute Gasteiger partial charge is 0.488 e. The fourth-order valence-electron chi connectivity index (χ4n) is 2.39. The SMILES string of the molecule is CNC(Cc1nccs1)C1Cc2ccccc2O1. The lowest BCUT2D eigenvalue weighted by atomic mass is 10.0.